The average molecular weight is 241 g/mol. The Morgan fingerprint density at radius 1 is 1.28 bits per heavy atom. The van der Waals surface area contributed by atoms with Crippen LogP contribution in [-0.4, -0.2) is 5.91 Å². The molecule has 2 aromatic rings. The van der Waals surface area contributed by atoms with Crippen LogP contribution in [0.15, 0.2) is 53.2 Å². The van der Waals surface area contributed by atoms with Gasteiger partial charge in [-0.3, -0.25) is 4.79 Å². The van der Waals surface area contributed by atoms with Crippen molar-refractivity contribution in [2.75, 3.05) is 5.32 Å². The van der Waals surface area contributed by atoms with E-state index in [2.05, 4.69) is 12.2 Å². The molecule has 1 N–H and O–H groups in total. The lowest BCUT2D eigenvalue weighted by atomic mass is 10.1. The number of carbonyl (C=O) groups is 1. The number of nitrogens with one attached hydrogen (secondary N) is 1. The fourth-order valence-electron chi connectivity index (χ4n) is 1.67. The van der Waals surface area contributed by atoms with E-state index in [0.29, 0.717) is 5.76 Å². The van der Waals surface area contributed by atoms with Crippen molar-refractivity contribution in [3.8, 4) is 0 Å². The summed E-state index contributed by atoms with van der Waals surface area (Å²) in [5.41, 5.74) is 1.98. The number of para-hydroxylation sites is 1. The van der Waals surface area contributed by atoms with Crippen LogP contribution in [0.2, 0.25) is 0 Å². The molecule has 0 saturated heterocycles. The van der Waals surface area contributed by atoms with E-state index in [9.17, 15) is 4.79 Å². The Bertz CT molecular complexity index is 541. The molecule has 0 radical (unpaired) electrons. The number of anilines is 1. The van der Waals surface area contributed by atoms with Crippen LogP contribution < -0.4 is 5.32 Å². The highest BCUT2D eigenvalue weighted by Gasteiger charge is 2.02. The van der Waals surface area contributed by atoms with Crippen molar-refractivity contribution < 1.29 is 9.21 Å². The molecule has 1 heterocycles. The minimum Gasteiger partial charge on any atom is -0.465 e. The monoisotopic (exact) mass is 241 g/mol. The predicted octanol–water partition coefficient (Wildman–Crippen LogP) is 3.49. The van der Waals surface area contributed by atoms with E-state index in [4.69, 9.17) is 4.42 Å². The fourth-order valence-corrected chi connectivity index (χ4v) is 1.67. The van der Waals surface area contributed by atoms with Gasteiger partial charge in [0.2, 0.25) is 5.91 Å². The van der Waals surface area contributed by atoms with Gasteiger partial charge in [0, 0.05) is 11.8 Å². The zero-order valence-electron chi connectivity index (χ0n) is 10.2. The molecule has 0 unspecified atom stereocenters. The summed E-state index contributed by atoms with van der Waals surface area (Å²) in [5, 5.41) is 2.86. The molecule has 1 aromatic carbocycles. The summed E-state index contributed by atoms with van der Waals surface area (Å²) in [6, 6.07) is 11.4. The third-order valence-electron chi connectivity index (χ3n) is 2.60. The SMILES string of the molecule is CCc1ccccc1NC(=O)/C=C/c1ccco1. The minimum atomic E-state index is -0.160. The molecule has 3 heteroatoms. The van der Waals surface area contributed by atoms with Crippen molar-refractivity contribution in [2.45, 2.75) is 13.3 Å². The molecule has 0 spiro atoms. The molecule has 0 bridgehead atoms. The number of furan rings is 1. The number of rotatable bonds is 4. The van der Waals surface area contributed by atoms with Crippen molar-refractivity contribution >= 4 is 17.7 Å². The highest BCUT2D eigenvalue weighted by atomic mass is 16.3. The minimum absolute atomic E-state index is 0.160. The topological polar surface area (TPSA) is 42.2 Å². The molecule has 18 heavy (non-hydrogen) atoms. The van der Waals surface area contributed by atoms with Crippen LogP contribution in [0, 0.1) is 0 Å². The van der Waals surface area contributed by atoms with Gasteiger partial charge in [0.05, 0.1) is 6.26 Å². The van der Waals surface area contributed by atoms with Crippen LogP contribution >= 0.6 is 0 Å². The van der Waals surface area contributed by atoms with Crippen LogP contribution in [0.5, 0.6) is 0 Å². The fraction of sp³-hybridized carbons (Fsp3) is 0.133. The van der Waals surface area contributed by atoms with E-state index < -0.39 is 0 Å². The summed E-state index contributed by atoms with van der Waals surface area (Å²) in [4.78, 5) is 11.7. The Morgan fingerprint density at radius 3 is 2.83 bits per heavy atom. The van der Waals surface area contributed by atoms with Crippen molar-refractivity contribution in [3.63, 3.8) is 0 Å². The average Bonchev–Trinajstić information content (AvgIpc) is 2.90. The third kappa shape index (κ3) is 3.10. The maximum atomic E-state index is 11.7. The molecule has 3 nitrogen and oxygen atoms in total. The summed E-state index contributed by atoms with van der Waals surface area (Å²) in [6.45, 7) is 2.06. The van der Waals surface area contributed by atoms with Gasteiger partial charge in [0.15, 0.2) is 0 Å². The van der Waals surface area contributed by atoms with Gasteiger partial charge >= 0.3 is 0 Å². The van der Waals surface area contributed by atoms with E-state index in [-0.39, 0.29) is 5.91 Å². The first kappa shape index (κ1) is 12.2. The molecule has 2 rings (SSSR count). The lowest BCUT2D eigenvalue weighted by Crippen LogP contribution is -2.09. The van der Waals surface area contributed by atoms with Gasteiger partial charge in [-0.1, -0.05) is 25.1 Å². The number of carbonyl (C=O) groups excluding carboxylic acids is 1. The van der Waals surface area contributed by atoms with Crippen molar-refractivity contribution in [1.82, 2.24) is 0 Å². The first-order valence-electron chi connectivity index (χ1n) is 5.90. The number of benzene rings is 1. The highest BCUT2D eigenvalue weighted by Crippen LogP contribution is 2.15. The summed E-state index contributed by atoms with van der Waals surface area (Å²) in [5.74, 6) is 0.501. The molecule has 92 valence electrons. The lowest BCUT2D eigenvalue weighted by molar-refractivity contribution is -0.111. The Morgan fingerprint density at radius 2 is 2.11 bits per heavy atom. The van der Waals surface area contributed by atoms with Crippen LogP contribution in [0.3, 0.4) is 0 Å². The van der Waals surface area contributed by atoms with Crippen molar-refractivity contribution in [3.05, 3.63) is 60.1 Å². The third-order valence-corrected chi connectivity index (χ3v) is 2.60. The maximum Gasteiger partial charge on any atom is 0.248 e. The standard InChI is InChI=1S/C15H15NO2/c1-2-12-6-3-4-8-14(12)16-15(17)10-9-13-7-5-11-18-13/h3-11H,2H2,1H3,(H,16,17)/b10-9+. The molecule has 0 aliphatic rings. The number of hydrogen-bond donors (Lipinski definition) is 1. The smallest absolute Gasteiger partial charge is 0.248 e. The molecule has 0 atom stereocenters. The van der Waals surface area contributed by atoms with Gasteiger partial charge in [-0.25, -0.2) is 0 Å². The lowest BCUT2D eigenvalue weighted by Gasteiger charge is -2.07. The van der Waals surface area contributed by atoms with Gasteiger partial charge in [-0.15, -0.1) is 0 Å². The second kappa shape index (κ2) is 5.87. The number of hydrogen-bond acceptors (Lipinski definition) is 2. The Labute approximate surface area is 106 Å². The molecule has 0 aliphatic carbocycles. The van der Waals surface area contributed by atoms with Crippen LogP contribution in [-0.2, 0) is 11.2 Å². The Balaban J connectivity index is 2.03. The molecular weight excluding hydrogens is 226 g/mol. The zero-order chi connectivity index (χ0) is 12.8. The first-order chi connectivity index (χ1) is 8.79. The Kier molecular flexibility index (Phi) is 3.97. The molecule has 0 aliphatic heterocycles. The van der Waals surface area contributed by atoms with E-state index in [1.54, 1.807) is 24.5 Å². The van der Waals surface area contributed by atoms with Crippen molar-refractivity contribution in [2.24, 2.45) is 0 Å². The van der Waals surface area contributed by atoms with Crippen LogP contribution in [0.25, 0.3) is 6.08 Å². The quantitative estimate of drug-likeness (QED) is 0.832. The second-order valence-electron chi connectivity index (χ2n) is 3.85. The van der Waals surface area contributed by atoms with E-state index in [0.717, 1.165) is 17.7 Å². The van der Waals surface area contributed by atoms with Gasteiger partial charge in [0.25, 0.3) is 0 Å². The summed E-state index contributed by atoms with van der Waals surface area (Å²) < 4.78 is 5.11. The molecular formula is C15H15NO2. The maximum absolute atomic E-state index is 11.7. The molecule has 1 amide bonds. The first-order valence-corrected chi connectivity index (χ1v) is 5.90. The number of aryl methyl sites for hydroxylation is 1. The summed E-state index contributed by atoms with van der Waals surface area (Å²) in [7, 11) is 0. The highest BCUT2D eigenvalue weighted by molar-refractivity contribution is 6.02. The molecule has 0 fully saturated rings. The largest absolute Gasteiger partial charge is 0.465 e. The normalized spacial score (nSPS) is 10.7. The van der Waals surface area contributed by atoms with Gasteiger partial charge in [0.1, 0.15) is 5.76 Å². The second-order valence-corrected chi connectivity index (χ2v) is 3.85. The predicted molar refractivity (Wildman–Crippen MR) is 72.2 cm³/mol. The van der Waals surface area contributed by atoms with Gasteiger partial charge < -0.3 is 9.73 Å². The van der Waals surface area contributed by atoms with Crippen molar-refractivity contribution in [1.29, 1.82) is 0 Å². The number of amides is 1. The zero-order valence-corrected chi connectivity index (χ0v) is 10.2. The summed E-state index contributed by atoms with van der Waals surface area (Å²) >= 11 is 0. The van der Waals surface area contributed by atoms with Gasteiger partial charge in [-0.2, -0.15) is 0 Å². The Hall–Kier alpha value is -2.29. The summed E-state index contributed by atoms with van der Waals surface area (Å²) in [6.07, 6.45) is 5.57. The molecule has 0 saturated carbocycles. The van der Waals surface area contributed by atoms with Gasteiger partial charge in [-0.05, 0) is 36.3 Å². The van der Waals surface area contributed by atoms with Crippen LogP contribution in [0.1, 0.15) is 18.2 Å². The van der Waals surface area contributed by atoms with E-state index in [1.165, 1.54) is 6.08 Å². The van der Waals surface area contributed by atoms with Crippen LogP contribution in [0.4, 0.5) is 5.69 Å². The van der Waals surface area contributed by atoms with E-state index >= 15 is 0 Å². The van der Waals surface area contributed by atoms with E-state index in [1.807, 2.05) is 24.3 Å². The molecule has 1 aromatic heterocycles.